The molecule has 4 rings (SSSR count). The fourth-order valence-electron chi connectivity index (χ4n) is 8.34. The maximum absolute atomic E-state index is 13.4. The topological polar surface area (TPSA) is 191 Å². The van der Waals surface area contributed by atoms with E-state index in [-0.39, 0.29) is 48.7 Å². The number of carbonyl (C=O) groups is 6. The molecule has 0 aliphatic heterocycles. The van der Waals surface area contributed by atoms with Crippen LogP contribution < -0.4 is 4.74 Å². The van der Waals surface area contributed by atoms with Gasteiger partial charge in [0.1, 0.15) is 17.2 Å². The van der Waals surface area contributed by atoms with Crippen LogP contribution in [0.3, 0.4) is 0 Å². The summed E-state index contributed by atoms with van der Waals surface area (Å²) in [5, 5.41) is 28.2. The molecule has 0 amide bonds. The molecule has 2 aromatic carbocycles. The van der Waals surface area contributed by atoms with Crippen LogP contribution >= 0.6 is 0 Å². The lowest BCUT2D eigenvalue weighted by molar-refractivity contribution is -0.157. The molecule has 0 saturated carbocycles. The Morgan fingerprint density at radius 1 is 0.541 bits per heavy atom. The smallest absolute Gasteiger partial charge is 0.311 e. The average molecular weight is 1010 g/mol. The molecule has 0 heterocycles. The predicted molar refractivity (Wildman–Crippen MR) is 290 cm³/mol. The number of aliphatic carboxylic acids is 1. The van der Waals surface area contributed by atoms with E-state index in [4.69, 9.17) is 19.3 Å². The highest BCUT2D eigenvalue weighted by Gasteiger charge is 2.41. The van der Waals surface area contributed by atoms with E-state index in [2.05, 4.69) is 0 Å². The van der Waals surface area contributed by atoms with Crippen molar-refractivity contribution in [3.63, 3.8) is 0 Å². The van der Waals surface area contributed by atoms with E-state index in [1.165, 1.54) is 18.2 Å². The van der Waals surface area contributed by atoms with Gasteiger partial charge in [0.2, 0.25) is 0 Å². The number of carboxylic acid groups (broad SMARTS) is 1. The van der Waals surface area contributed by atoms with Crippen molar-refractivity contribution in [3.8, 4) is 17.2 Å². The van der Waals surface area contributed by atoms with E-state index < -0.39 is 46.9 Å². The number of carbonyl (C=O) groups excluding carboxylic acids is 5. The third-order valence-corrected chi connectivity index (χ3v) is 12.4. The van der Waals surface area contributed by atoms with Crippen LogP contribution in [-0.4, -0.2) is 63.0 Å². The van der Waals surface area contributed by atoms with Crippen LogP contribution in [0.5, 0.6) is 17.2 Å². The van der Waals surface area contributed by atoms with Crippen molar-refractivity contribution in [1.82, 2.24) is 0 Å². The summed E-state index contributed by atoms with van der Waals surface area (Å²) in [5.41, 5.74) is 7.30. The molecule has 2 aliphatic carbocycles. The van der Waals surface area contributed by atoms with E-state index in [0.29, 0.717) is 35.3 Å². The maximum atomic E-state index is 13.4. The van der Waals surface area contributed by atoms with Crippen LogP contribution in [0.1, 0.15) is 119 Å². The molecule has 2 unspecified atom stereocenters. The van der Waals surface area contributed by atoms with Crippen molar-refractivity contribution < 1.29 is 58.3 Å². The fourth-order valence-corrected chi connectivity index (χ4v) is 8.34. The predicted octanol–water partition coefficient (Wildman–Crippen LogP) is 12.8. The minimum Gasteiger partial charge on any atom is -0.508 e. The molecular weight excluding hydrogens is 937 g/mol. The number of allylic oxidation sites excluding steroid dienone is 20. The van der Waals surface area contributed by atoms with Gasteiger partial charge in [-0.1, -0.05) is 159 Å². The quantitative estimate of drug-likeness (QED) is 0.0465. The molecule has 0 saturated heterocycles. The molecule has 0 radical (unpaired) electrons. The summed E-state index contributed by atoms with van der Waals surface area (Å²) >= 11 is 0. The lowest BCUT2D eigenvalue weighted by Crippen LogP contribution is -2.39. The number of ether oxygens (including phenoxy) is 3. The SMILES string of the molecule is CC(C=CC=C(C)C=CC1=C(C)C(=O)C(OC(=O)CCC(=O)O)CC1(C)C)=CC=CC=C(C)C=CC=C(C)C=CC1=C(C)C(=O)C(OC(=O)CCC(=O)Oc2ccc(C=Cc3cc(O)cc(O)c3)cc2)CC1(C)C. The van der Waals surface area contributed by atoms with Gasteiger partial charge < -0.3 is 29.5 Å². The number of aromatic hydroxyl groups is 2. The number of rotatable bonds is 21. The van der Waals surface area contributed by atoms with Crippen LogP contribution in [0, 0.1) is 10.8 Å². The number of ketones is 2. The first kappa shape index (κ1) is 58.7. The standard InChI is InChI=1S/C62H70O12/c1-40(17-13-19-42(3)21-29-51-44(5)59(70)53(38-61(51,7)8)73-57(68)32-31-55(65)66)15-11-12-16-41(2)18-14-20-43(4)22-30-52-45(6)60(71)54(39-62(52,9)10)74-58(69)34-33-56(67)72-50-27-25-46(26-28-50)23-24-47-35-48(63)37-49(64)36-47/h11-30,35-37,53-54,63-64H,31-34,38-39H2,1-10H3,(H,65,66). The first-order valence-electron chi connectivity index (χ1n) is 24.5. The van der Waals surface area contributed by atoms with Crippen molar-refractivity contribution in [2.75, 3.05) is 0 Å². The van der Waals surface area contributed by atoms with Gasteiger partial charge in [-0.25, -0.2) is 0 Å². The molecule has 0 aromatic heterocycles. The first-order chi connectivity index (χ1) is 34.8. The summed E-state index contributed by atoms with van der Waals surface area (Å²) in [4.78, 5) is 74.8. The summed E-state index contributed by atoms with van der Waals surface area (Å²) < 4.78 is 16.4. The fraction of sp³-hybridized carbons (Fsp3) is 0.323. The number of phenols is 2. The summed E-state index contributed by atoms with van der Waals surface area (Å²) in [6, 6.07) is 11.0. The Bertz CT molecular complexity index is 2820. The Balaban J connectivity index is 1.23. The van der Waals surface area contributed by atoms with Crippen molar-refractivity contribution in [3.05, 3.63) is 183 Å². The second kappa shape index (κ2) is 27.3. The van der Waals surface area contributed by atoms with Crippen LogP contribution in [0.15, 0.2) is 172 Å². The molecule has 2 aromatic rings. The molecule has 2 aliphatic rings. The summed E-state index contributed by atoms with van der Waals surface area (Å²) in [6.07, 6.45) is 28.7. The second-order valence-electron chi connectivity index (χ2n) is 19.9. The largest absolute Gasteiger partial charge is 0.508 e. The Hall–Kier alpha value is -7.86. The summed E-state index contributed by atoms with van der Waals surface area (Å²) in [7, 11) is 0. The Morgan fingerprint density at radius 2 is 0.932 bits per heavy atom. The van der Waals surface area contributed by atoms with Gasteiger partial charge in [0, 0.05) is 18.9 Å². The van der Waals surface area contributed by atoms with Crippen molar-refractivity contribution in [2.45, 2.75) is 120 Å². The number of benzene rings is 2. The number of hydrogen-bond acceptors (Lipinski definition) is 11. The average Bonchev–Trinajstić information content (AvgIpc) is 3.31. The van der Waals surface area contributed by atoms with Crippen molar-refractivity contribution in [1.29, 1.82) is 0 Å². The highest BCUT2D eigenvalue weighted by atomic mass is 16.6. The van der Waals surface area contributed by atoms with Gasteiger partial charge in [0.25, 0.3) is 0 Å². The van der Waals surface area contributed by atoms with Crippen LogP contribution in [-0.2, 0) is 38.2 Å². The molecular formula is C62H70O12. The van der Waals surface area contributed by atoms with E-state index in [1.807, 2.05) is 140 Å². The minimum absolute atomic E-state index is 0.0536. The van der Waals surface area contributed by atoms with Gasteiger partial charge in [0.05, 0.1) is 25.7 Å². The van der Waals surface area contributed by atoms with E-state index in [0.717, 1.165) is 39.0 Å². The molecule has 390 valence electrons. The van der Waals surface area contributed by atoms with Crippen molar-refractivity contribution >= 4 is 47.6 Å². The first-order valence-corrected chi connectivity index (χ1v) is 24.5. The van der Waals surface area contributed by atoms with Gasteiger partial charge in [-0.2, -0.15) is 0 Å². The zero-order valence-corrected chi connectivity index (χ0v) is 44.2. The second-order valence-corrected chi connectivity index (χ2v) is 19.9. The molecule has 12 nitrogen and oxygen atoms in total. The monoisotopic (exact) mass is 1010 g/mol. The highest BCUT2D eigenvalue weighted by Crippen LogP contribution is 2.42. The zero-order chi connectivity index (χ0) is 54.8. The number of Topliss-reactive ketones (excluding diaryl/α,β-unsaturated/α-hetero) is 2. The van der Waals surface area contributed by atoms with Crippen molar-refractivity contribution in [2.24, 2.45) is 10.8 Å². The van der Waals surface area contributed by atoms with E-state index in [9.17, 15) is 39.0 Å². The van der Waals surface area contributed by atoms with E-state index in [1.54, 1.807) is 50.3 Å². The molecule has 74 heavy (non-hydrogen) atoms. The summed E-state index contributed by atoms with van der Waals surface area (Å²) in [6.45, 7) is 19.4. The number of carboxylic acids is 1. The Kier molecular flexibility index (Phi) is 21.6. The Labute approximate surface area is 435 Å². The summed E-state index contributed by atoms with van der Waals surface area (Å²) in [5.74, 6) is -3.42. The minimum atomic E-state index is -1.10. The van der Waals surface area contributed by atoms with Crippen LogP contribution in [0.4, 0.5) is 0 Å². The number of phenolic OH excluding ortho intramolecular Hbond substituents is 2. The van der Waals surface area contributed by atoms with Gasteiger partial charge in [-0.3, -0.25) is 28.8 Å². The third kappa shape index (κ3) is 19.0. The number of hydrogen-bond donors (Lipinski definition) is 3. The Morgan fingerprint density at radius 3 is 1.38 bits per heavy atom. The van der Waals surface area contributed by atoms with Crippen LogP contribution in [0.2, 0.25) is 0 Å². The normalized spacial score (nSPS) is 19.1. The van der Waals surface area contributed by atoms with Gasteiger partial charge >= 0.3 is 23.9 Å². The third-order valence-electron chi connectivity index (χ3n) is 12.4. The lowest BCUT2D eigenvalue weighted by atomic mass is 9.71. The lowest BCUT2D eigenvalue weighted by Gasteiger charge is -2.36. The van der Waals surface area contributed by atoms with E-state index >= 15 is 0 Å². The highest BCUT2D eigenvalue weighted by molar-refractivity contribution is 6.02. The molecule has 0 spiro atoms. The molecule has 3 N–H and O–H groups in total. The van der Waals surface area contributed by atoms with Gasteiger partial charge in [-0.15, -0.1) is 0 Å². The number of esters is 3. The van der Waals surface area contributed by atoms with Crippen LogP contribution in [0.25, 0.3) is 12.2 Å². The maximum Gasteiger partial charge on any atom is 0.311 e. The zero-order valence-electron chi connectivity index (χ0n) is 44.2. The molecule has 2 atom stereocenters. The van der Waals surface area contributed by atoms with Gasteiger partial charge in [0.15, 0.2) is 23.8 Å². The molecule has 12 heteroatoms. The van der Waals surface area contributed by atoms with Gasteiger partial charge in [-0.05, 0) is 110 Å². The molecule has 0 bridgehead atoms. The molecule has 0 fully saturated rings.